The van der Waals surface area contributed by atoms with Gasteiger partial charge in [0.25, 0.3) is 5.91 Å². The molecule has 1 atom stereocenters. The molecule has 3 aromatic carbocycles. The lowest BCUT2D eigenvalue weighted by Gasteiger charge is -2.20. The van der Waals surface area contributed by atoms with Crippen LogP contribution in [0, 0.1) is 0 Å². The van der Waals surface area contributed by atoms with Crippen molar-refractivity contribution in [3.05, 3.63) is 95.8 Å². The van der Waals surface area contributed by atoms with Gasteiger partial charge < -0.3 is 15.6 Å². The van der Waals surface area contributed by atoms with Gasteiger partial charge in [-0.15, -0.1) is 5.10 Å². The van der Waals surface area contributed by atoms with Crippen LogP contribution in [0.4, 0.5) is 5.69 Å². The number of aromatic amines is 1. The molecule has 5 aromatic rings. The maximum atomic E-state index is 13.2. The molecule has 2 amide bonds. The van der Waals surface area contributed by atoms with Crippen LogP contribution in [0.3, 0.4) is 0 Å². The van der Waals surface area contributed by atoms with E-state index in [1.807, 2.05) is 48.5 Å². The van der Waals surface area contributed by atoms with Crippen LogP contribution in [-0.4, -0.2) is 47.7 Å². The maximum absolute atomic E-state index is 13.2. The second-order valence-corrected chi connectivity index (χ2v) is 8.94. The number of imidazole rings is 1. The highest BCUT2D eigenvalue weighted by atomic mass is 32.2. The zero-order valence-electron chi connectivity index (χ0n) is 19.3. The third-order valence-corrected chi connectivity index (χ3v) is 6.54. The molecule has 3 N–H and O–H groups in total. The summed E-state index contributed by atoms with van der Waals surface area (Å²) in [6, 6.07) is 22.1. The minimum absolute atomic E-state index is 0.163. The number of amides is 2. The summed E-state index contributed by atoms with van der Waals surface area (Å²) in [6.45, 7) is 0. The number of tetrazole rings is 1. The third-order valence-electron chi connectivity index (χ3n) is 5.53. The Hall–Kier alpha value is -4.51. The first kappa shape index (κ1) is 23.2. The quantitative estimate of drug-likeness (QED) is 0.280. The minimum Gasteiger partial charge on any atom is -0.345 e. The van der Waals surface area contributed by atoms with Crippen molar-refractivity contribution in [3.63, 3.8) is 0 Å². The fourth-order valence-electron chi connectivity index (χ4n) is 3.73. The van der Waals surface area contributed by atoms with Gasteiger partial charge in [0, 0.05) is 18.3 Å². The molecule has 0 spiro atoms. The number of thioether (sulfide) groups is 1. The van der Waals surface area contributed by atoms with Crippen molar-refractivity contribution in [1.82, 2.24) is 35.5 Å². The van der Waals surface area contributed by atoms with E-state index in [4.69, 9.17) is 0 Å². The zero-order chi connectivity index (χ0) is 24.9. The van der Waals surface area contributed by atoms with Crippen LogP contribution in [0.2, 0.25) is 0 Å². The first-order chi connectivity index (χ1) is 17.6. The second-order valence-electron chi connectivity index (χ2n) is 8.00. The molecule has 10 nitrogen and oxygen atoms in total. The summed E-state index contributed by atoms with van der Waals surface area (Å²) < 4.78 is 1.50. The summed E-state index contributed by atoms with van der Waals surface area (Å²) in [5.41, 5.74) is 4.74. The Balaban J connectivity index is 1.27. The lowest BCUT2D eigenvalue weighted by atomic mass is 9.97. The SMILES string of the molecule is Cn1nnnc1SCC(=O)Nc1ccc(C(=O)NC(c2ccccc2)c2ccc3nc[nH]c3c2)cc1. The van der Waals surface area contributed by atoms with E-state index in [9.17, 15) is 9.59 Å². The second kappa shape index (κ2) is 10.4. The van der Waals surface area contributed by atoms with E-state index in [2.05, 4.69) is 36.1 Å². The summed E-state index contributed by atoms with van der Waals surface area (Å²) in [5, 5.41) is 17.6. The van der Waals surface area contributed by atoms with Crippen LogP contribution in [-0.2, 0) is 11.8 Å². The molecule has 2 heterocycles. The van der Waals surface area contributed by atoms with Gasteiger partial charge in [0.2, 0.25) is 11.1 Å². The monoisotopic (exact) mass is 498 g/mol. The number of nitrogens with one attached hydrogen (secondary N) is 3. The van der Waals surface area contributed by atoms with Crippen molar-refractivity contribution in [2.45, 2.75) is 11.2 Å². The molecule has 5 rings (SSSR count). The predicted molar refractivity (Wildman–Crippen MR) is 136 cm³/mol. The zero-order valence-corrected chi connectivity index (χ0v) is 20.1. The third kappa shape index (κ3) is 5.26. The van der Waals surface area contributed by atoms with Crippen LogP contribution >= 0.6 is 11.8 Å². The topological polar surface area (TPSA) is 130 Å². The lowest BCUT2D eigenvalue weighted by molar-refractivity contribution is -0.113. The van der Waals surface area contributed by atoms with Gasteiger partial charge in [0.05, 0.1) is 29.2 Å². The van der Waals surface area contributed by atoms with Crippen LogP contribution in [0.25, 0.3) is 11.0 Å². The van der Waals surface area contributed by atoms with Gasteiger partial charge in [0.15, 0.2) is 0 Å². The first-order valence-corrected chi connectivity index (χ1v) is 12.1. The molecule has 1 unspecified atom stereocenters. The molecule has 0 saturated heterocycles. The number of carbonyl (C=O) groups excluding carboxylic acids is 2. The molecule has 0 fully saturated rings. The van der Waals surface area contributed by atoms with Crippen molar-refractivity contribution in [3.8, 4) is 0 Å². The van der Waals surface area contributed by atoms with Crippen molar-refractivity contribution in [1.29, 1.82) is 0 Å². The van der Waals surface area contributed by atoms with Crippen LogP contribution in [0.15, 0.2) is 84.3 Å². The molecule has 0 saturated carbocycles. The molecule has 0 bridgehead atoms. The van der Waals surface area contributed by atoms with Gasteiger partial charge in [-0.2, -0.15) is 0 Å². The number of aryl methyl sites for hydroxylation is 1. The molecule has 0 aliphatic heterocycles. The highest BCUT2D eigenvalue weighted by molar-refractivity contribution is 7.99. The molecule has 36 heavy (non-hydrogen) atoms. The van der Waals surface area contributed by atoms with E-state index in [0.717, 1.165) is 22.2 Å². The van der Waals surface area contributed by atoms with Gasteiger partial charge in [-0.1, -0.05) is 48.2 Å². The molecule has 0 aliphatic carbocycles. The number of rotatable bonds is 8. The number of anilines is 1. The van der Waals surface area contributed by atoms with E-state index in [0.29, 0.717) is 16.4 Å². The van der Waals surface area contributed by atoms with Crippen molar-refractivity contribution in [2.75, 3.05) is 11.1 Å². The van der Waals surface area contributed by atoms with Gasteiger partial charge >= 0.3 is 0 Å². The summed E-state index contributed by atoms with van der Waals surface area (Å²) >= 11 is 1.24. The Bertz CT molecular complexity index is 1500. The largest absolute Gasteiger partial charge is 0.345 e. The number of hydrogen-bond donors (Lipinski definition) is 3. The maximum Gasteiger partial charge on any atom is 0.252 e. The Morgan fingerprint density at radius 1 is 1.03 bits per heavy atom. The summed E-state index contributed by atoms with van der Waals surface area (Å²) in [4.78, 5) is 32.8. The standard InChI is InChI=1S/C25H22N8O2S/c1-33-25(30-31-32-33)36-14-22(34)28-19-10-7-17(8-11-19)24(35)29-23(16-5-3-2-4-6-16)18-9-12-20-21(13-18)27-15-26-20/h2-13,15,23H,14H2,1H3,(H,26,27)(H,28,34)(H,29,35). The van der Waals surface area contributed by atoms with Crippen LogP contribution in [0.1, 0.15) is 27.5 Å². The average molecular weight is 499 g/mol. The van der Waals surface area contributed by atoms with Crippen molar-refractivity contribution in [2.24, 2.45) is 7.05 Å². The van der Waals surface area contributed by atoms with Gasteiger partial charge in [-0.3, -0.25) is 9.59 Å². The molecular formula is C25H22N8O2S. The molecule has 2 aromatic heterocycles. The highest BCUT2D eigenvalue weighted by Crippen LogP contribution is 2.25. The van der Waals surface area contributed by atoms with E-state index in [1.54, 1.807) is 37.6 Å². The van der Waals surface area contributed by atoms with E-state index < -0.39 is 0 Å². The van der Waals surface area contributed by atoms with Gasteiger partial charge in [-0.05, 0) is 58.0 Å². The summed E-state index contributed by atoms with van der Waals surface area (Å²) in [5.74, 6) is -0.258. The molecule has 180 valence electrons. The van der Waals surface area contributed by atoms with Gasteiger partial charge in [-0.25, -0.2) is 9.67 Å². The molecule has 11 heteroatoms. The van der Waals surface area contributed by atoms with Crippen LogP contribution < -0.4 is 10.6 Å². The minimum atomic E-state index is -0.349. The van der Waals surface area contributed by atoms with Crippen molar-refractivity contribution >= 4 is 40.3 Å². The smallest absolute Gasteiger partial charge is 0.252 e. The fourth-order valence-corrected chi connectivity index (χ4v) is 4.38. The Kier molecular flexibility index (Phi) is 6.72. The molecule has 0 aliphatic rings. The predicted octanol–water partition coefficient (Wildman–Crippen LogP) is 3.34. The number of carbonyl (C=O) groups is 2. The Morgan fingerprint density at radius 3 is 2.58 bits per heavy atom. The first-order valence-electron chi connectivity index (χ1n) is 11.1. The summed E-state index contributed by atoms with van der Waals surface area (Å²) in [6.07, 6.45) is 1.65. The van der Waals surface area contributed by atoms with Crippen molar-refractivity contribution < 1.29 is 9.59 Å². The Morgan fingerprint density at radius 2 is 1.83 bits per heavy atom. The molecular weight excluding hydrogens is 476 g/mol. The van der Waals surface area contributed by atoms with Gasteiger partial charge in [0.1, 0.15) is 0 Å². The van der Waals surface area contributed by atoms with E-state index in [-0.39, 0.29) is 23.6 Å². The lowest BCUT2D eigenvalue weighted by Crippen LogP contribution is -2.29. The van der Waals surface area contributed by atoms with E-state index >= 15 is 0 Å². The molecule has 0 radical (unpaired) electrons. The normalized spacial score (nSPS) is 11.8. The number of benzene rings is 3. The highest BCUT2D eigenvalue weighted by Gasteiger charge is 2.19. The average Bonchev–Trinajstić information content (AvgIpc) is 3.55. The van der Waals surface area contributed by atoms with E-state index in [1.165, 1.54) is 16.4 Å². The Labute approximate surface area is 210 Å². The fraction of sp³-hybridized carbons (Fsp3) is 0.120. The number of nitrogens with zero attached hydrogens (tertiary/aromatic N) is 5. The number of hydrogen-bond acceptors (Lipinski definition) is 7. The number of aromatic nitrogens is 6. The summed E-state index contributed by atoms with van der Waals surface area (Å²) in [7, 11) is 1.71. The number of H-pyrrole nitrogens is 1. The van der Waals surface area contributed by atoms with Crippen LogP contribution in [0.5, 0.6) is 0 Å². The number of fused-ring (bicyclic) bond motifs is 1.